The molecule has 0 atom stereocenters. The van der Waals surface area contributed by atoms with Gasteiger partial charge < -0.3 is 4.79 Å². The van der Waals surface area contributed by atoms with E-state index in [4.69, 9.17) is 0 Å². The molecule has 0 rings (SSSR count). The fourth-order valence-corrected chi connectivity index (χ4v) is 0.322. The third kappa shape index (κ3) is 6.82. The van der Waals surface area contributed by atoms with E-state index in [2.05, 4.69) is 0 Å². The van der Waals surface area contributed by atoms with Crippen molar-refractivity contribution in [2.24, 2.45) is 0 Å². The lowest BCUT2D eigenvalue weighted by molar-refractivity contribution is -0.107. The van der Waals surface area contributed by atoms with Gasteiger partial charge in [-0.3, -0.25) is 4.79 Å². The van der Waals surface area contributed by atoms with Crippen LogP contribution in [0.3, 0.4) is 0 Å². The normalized spacial score (nSPS) is 10.7. The summed E-state index contributed by atoms with van der Waals surface area (Å²) in [4.78, 5) is 19.3. The Kier molecular flexibility index (Phi) is 5.93. The lowest BCUT2D eigenvalue weighted by Gasteiger charge is -1.70. The van der Waals surface area contributed by atoms with E-state index in [1.165, 1.54) is 6.08 Å². The van der Waals surface area contributed by atoms with Crippen LogP contribution in [0.2, 0.25) is 0 Å². The molecule has 0 aliphatic carbocycles. The van der Waals surface area contributed by atoms with Gasteiger partial charge in [0.05, 0.1) is 0 Å². The third-order valence-corrected chi connectivity index (χ3v) is 0.669. The van der Waals surface area contributed by atoms with Crippen LogP contribution in [0.25, 0.3) is 0 Å². The lowest BCUT2D eigenvalue weighted by atomic mass is 10.4. The van der Waals surface area contributed by atoms with Gasteiger partial charge in [0, 0.05) is 6.42 Å². The maximum absolute atomic E-state index is 9.69. The molecule has 0 amide bonds. The van der Waals surface area contributed by atoms with E-state index >= 15 is 0 Å². The van der Waals surface area contributed by atoms with Crippen molar-refractivity contribution in [2.75, 3.05) is 0 Å². The Bertz CT molecular complexity index is 134. The monoisotopic (exact) mass is 124 g/mol. The summed E-state index contributed by atoms with van der Waals surface area (Å²) in [6, 6.07) is 0. The van der Waals surface area contributed by atoms with Gasteiger partial charge in [-0.15, -0.1) is 0 Å². The minimum Gasteiger partial charge on any atom is -0.303 e. The molecule has 0 spiro atoms. The second-order valence-corrected chi connectivity index (χ2v) is 1.35. The average molecular weight is 124 g/mol. The number of hydrogen-bond donors (Lipinski definition) is 0. The van der Waals surface area contributed by atoms with Crippen molar-refractivity contribution >= 4 is 12.6 Å². The van der Waals surface area contributed by atoms with Crippen LogP contribution in [-0.2, 0) is 9.59 Å². The van der Waals surface area contributed by atoms with Crippen molar-refractivity contribution in [3.63, 3.8) is 0 Å². The smallest absolute Gasteiger partial charge is 0.142 e. The fraction of sp³-hybridized carbons (Fsp3) is 0.143. The molecule has 0 saturated carbocycles. The highest BCUT2D eigenvalue weighted by Gasteiger charge is 1.67. The number of allylic oxidation sites excluding steroid dienone is 4. The van der Waals surface area contributed by atoms with Gasteiger partial charge in [-0.25, -0.2) is 0 Å². The number of aldehydes is 2. The minimum absolute atomic E-state index is 0.406. The summed E-state index contributed by atoms with van der Waals surface area (Å²) in [6.45, 7) is 0. The van der Waals surface area contributed by atoms with Crippen LogP contribution in [0.1, 0.15) is 6.42 Å². The second-order valence-electron chi connectivity index (χ2n) is 1.35. The standard InChI is InChI=1S/C7H8O2/c8-6-4-2-1-3-5-7-9/h1-4,6-7H,5H2/b3-1-,4-2-. The van der Waals surface area contributed by atoms with Crippen LogP contribution in [0, 0.1) is 0 Å². The summed E-state index contributed by atoms with van der Waals surface area (Å²) in [6.07, 6.45) is 8.16. The highest BCUT2D eigenvalue weighted by atomic mass is 16.1. The SMILES string of the molecule is O=C/C=C\C=C/CC=O. The summed E-state index contributed by atoms with van der Waals surface area (Å²) in [7, 11) is 0. The molecule has 2 heteroatoms. The Morgan fingerprint density at radius 1 is 1.00 bits per heavy atom. The molecule has 0 heterocycles. The van der Waals surface area contributed by atoms with Crippen LogP contribution >= 0.6 is 0 Å². The number of carbonyl (C=O) groups is 2. The molecular weight excluding hydrogens is 116 g/mol. The van der Waals surface area contributed by atoms with Crippen molar-refractivity contribution in [1.82, 2.24) is 0 Å². The number of rotatable bonds is 4. The van der Waals surface area contributed by atoms with Crippen molar-refractivity contribution < 1.29 is 9.59 Å². The molecule has 9 heavy (non-hydrogen) atoms. The average Bonchev–Trinajstić information content (AvgIpc) is 1.89. The van der Waals surface area contributed by atoms with Gasteiger partial charge in [0.15, 0.2) is 0 Å². The molecule has 0 fully saturated rings. The molecule has 0 radical (unpaired) electrons. The van der Waals surface area contributed by atoms with Gasteiger partial charge in [0.25, 0.3) is 0 Å². The second kappa shape index (κ2) is 6.82. The largest absolute Gasteiger partial charge is 0.303 e. The summed E-state index contributed by atoms with van der Waals surface area (Å²) in [5.74, 6) is 0. The highest BCUT2D eigenvalue weighted by Crippen LogP contribution is 1.77. The first-order chi connectivity index (χ1) is 4.41. The molecular formula is C7H8O2. The van der Waals surface area contributed by atoms with Crippen LogP contribution in [0.15, 0.2) is 24.3 Å². The van der Waals surface area contributed by atoms with E-state index in [9.17, 15) is 9.59 Å². The van der Waals surface area contributed by atoms with Crippen molar-refractivity contribution in [3.8, 4) is 0 Å². The van der Waals surface area contributed by atoms with Gasteiger partial charge in [-0.2, -0.15) is 0 Å². The molecule has 0 aromatic heterocycles. The molecule has 0 saturated heterocycles. The Hall–Kier alpha value is -1.18. The Morgan fingerprint density at radius 3 is 2.33 bits per heavy atom. The summed E-state index contributed by atoms with van der Waals surface area (Å²) in [5, 5.41) is 0. The number of carbonyl (C=O) groups excluding carboxylic acids is 2. The molecule has 0 unspecified atom stereocenters. The lowest BCUT2D eigenvalue weighted by Crippen LogP contribution is -1.63. The zero-order chi connectivity index (χ0) is 6.95. The zero-order valence-electron chi connectivity index (χ0n) is 4.99. The fourth-order valence-electron chi connectivity index (χ4n) is 0.322. The van der Waals surface area contributed by atoms with Crippen molar-refractivity contribution in [1.29, 1.82) is 0 Å². The maximum Gasteiger partial charge on any atom is 0.142 e. The molecule has 0 aliphatic heterocycles. The number of hydrogen-bond acceptors (Lipinski definition) is 2. The van der Waals surface area contributed by atoms with E-state index in [0.29, 0.717) is 12.7 Å². The molecule has 0 aromatic carbocycles. The van der Waals surface area contributed by atoms with E-state index in [1.807, 2.05) is 0 Å². The molecule has 0 bridgehead atoms. The maximum atomic E-state index is 9.69. The van der Waals surface area contributed by atoms with Gasteiger partial charge in [0.2, 0.25) is 0 Å². The first-order valence-corrected chi connectivity index (χ1v) is 2.62. The predicted octanol–water partition coefficient (Wildman–Crippen LogP) is 0.887. The summed E-state index contributed by atoms with van der Waals surface area (Å²) < 4.78 is 0. The van der Waals surface area contributed by atoms with Crippen LogP contribution in [0.5, 0.6) is 0 Å². The van der Waals surface area contributed by atoms with E-state index in [-0.39, 0.29) is 0 Å². The van der Waals surface area contributed by atoms with Gasteiger partial charge in [0.1, 0.15) is 12.6 Å². The molecule has 2 nitrogen and oxygen atoms in total. The van der Waals surface area contributed by atoms with E-state index < -0.39 is 0 Å². The first kappa shape index (κ1) is 7.82. The molecule has 0 N–H and O–H groups in total. The topological polar surface area (TPSA) is 34.1 Å². The Labute approximate surface area is 53.9 Å². The third-order valence-electron chi connectivity index (χ3n) is 0.669. The quantitative estimate of drug-likeness (QED) is 0.317. The van der Waals surface area contributed by atoms with Gasteiger partial charge >= 0.3 is 0 Å². The van der Waals surface area contributed by atoms with Crippen LogP contribution in [-0.4, -0.2) is 12.6 Å². The van der Waals surface area contributed by atoms with E-state index in [0.717, 1.165) is 6.29 Å². The van der Waals surface area contributed by atoms with Crippen LogP contribution in [0.4, 0.5) is 0 Å². The van der Waals surface area contributed by atoms with Gasteiger partial charge in [-0.05, 0) is 6.08 Å². The predicted molar refractivity (Wildman–Crippen MR) is 35.0 cm³/mol. The minimum atomic E-state index is 0.406. The highest BCUT2D eigenvalue weighted by molar-refractivity contribution is 5.65. The summed E-state index contributed by atoms with van der Waals surface area (Å²) in [5.41, 5.74) is 0. The summed E-state index contributed by atoms with van der Waals surface area (Å²) >= 11 is 0. The molecule has 0 aromatic rings. The molecule has 0 aliphatic rings. The van der Waals surface area contributed by atoms with Crippen molar-refractivity contribution in [3.05, 3.63) is 24.3 Å². The van der Waals surface area contributed by atoms with E-state index in [1.54, 1.807) is 18.2 Å². The van der Waals surface area contributed by atoms with Gasteiger partial charge in [-0.1, -0.05) is 18.2 Å². The first-order valence-electron chi connectivity index (χ1n) is 2.62. The van der Waals surface area contributed by atoms with Crippen molar-refractivity contribution in [2.45, 2.75) is 6.42 Å². The van der Waals surface area contributed by atoms with Crippen LogP contribution < -0.4 is 0 Å². The Morgan fingerprint density at radius 2 is 1.78 bits per heavy atom. The molecule has 48 valence electrons. The zero-order valence-corrected chi connectivity index (χ0v) is 4.99. The Balaban J connectivity index is 3.33.